The molecule has 1 amide bonds. The Balaban J connectivity index is 0.00000208. The Labute approximate surface area is 151 Å². The van der Waals surface area contributed by atoms with E-state index in [1.165, 1.54) is 18.4 Å². The number of nitrogens with one attached hydrogen (secondary N) is 1. The Morgan fingerprint density at radius 3 is 2.54 bits per heavy atom. The molecule has 1 aromatic carbocycles. The van der Waals surface area contributed by atoms with E-state index in [9.17, 15) is 4.79 Å². The van der Waals surface area contributed by atoms with Gasteiger partial charge < -0.3 is 15.0 Å². The number of rotatable bonds is 5. The number of hydrogen-bond donors (Lipinski definition) is 1. The molecular formula is C19H29ClN2O2. The zero-order valence-electron chi connectivity index (χ0n) is 14.3. The van der Waals surface area contributed by atoms with Gasteiger partial charge in [0.05, 0.1) is 18.8 Å². The summed E-state index contributed by atoms with van der Waals surface area (Å²) in [6.45, 7) is 3.43. The lowest BCUT2D eigenvalue weighted by Gasteiger charge is -2.35. The van der Waals surface area contributed by atoms with E-state index in [0.29, 0.717) is 12.0 Å². The standard InChI is InChI=1S/C19H28N2O2.ClH/c22-19(18-8-4-5-12-20-18)21-13-9-17(10-14-21)23-15-11-16-6-2-1-3-7-16;/h1-3,6-7,17-18,20H,4-5,8-15H2;1H. The monoisotopic (exact) mass is 352 g/mol. The van der Waals surface area contributed by atoms with Crippen molar-refractivity contribution in [3.8, 4) is 0 Å². The number of nitrogens with zero attached hydrogens (tertiary/aromatic N) is 1. The Morgan fingerprint density at radius 2 is 1.88 bits per heavy atom. The van der Waals surface area contributed by atoms with Crippen LogP contribution in [-0.4, -0.2) is 49.2 Å². The third-order valence-corrected chi connectivity index (χ3v) is 4.95. The largest absolute Gasteiger partial charge is 0.378 e. The van der Waals surface area contributed by atoms with Crippen LogP contribution in [0.25, 0.3) is 0 Å². The van der Waals surface area contributed by atoms with Gasteiger partial charge in [0, 0.05) is 13.1 Å². The molecule has 1 atom stereocenters. The molecular weight excluding hydrogens is 324 g/mol. The van der Waals surface area contributed by atoms with E-state index in [1.807, 2.05) is 11.0 Å². The Morgan fingerprint density at radius 1 is 1.12 bits per heavy atom. The number of piperidine rings is 2. The van der Waals surface area contributed by atoms with Crippen LogP contribution in [0.15, 0.2) is 30.3 Å². The second-order valence-corrected chi connectivity index (χ2v) is 6.63. The SMILES string of the molecule is Cl.O=C(C1CCCCN1)N1CCC(OCCc2ccccc2)CC1. The number of hydrogen-bond acceptors (Lipinski definition) is 3. The van der Waals surface area contributed by atoms with Crippen molar-refractivity contribution in [3.05, 3.63) is 35.9 Å². The molecule has 2 fully saturated rings. The van der Waals surface area contributed by atoms with Crippen LogP contribution in [0.4, 0.5) is 0 Å². The molecule has 4 nitrogen and oxygen atoms in total. The highest BCUT2D eigenvalue weighted by atomic mass is 35.5. The molecule has 0 saturated carbocycles. The Bertz CT molecular complexity index is 483. The maximum Gasteiger partial charge on any atom is 0.239 e. The van der Waals surface area contributed by atoms with Crippen molar-refractivity contribution in [2.24, 2.45) is 0 Å². The fourth-order valence-corrected chi connectivity index (χ4v) is 3.51. The van der Waals surface area contributed by atoms with Gasteiger partial charge in [0.2, 0.25) is 5.91 Å². The van der Waals surface area contributed by atoms with Crippen LogP contribution >= 0.6 is 12.4 Å². The summed E-state index contributed by atoms with van der Waals surface area (Å²) in [4.78, 5) is 14.5. The van der Waals surface area contributed by atoms with Gasteiger partial charge in [-0.1, -0.05) is 36.8 Å². The van der Waals surface area contributed by atoms with Crippen molar-refractivity contribution in [3.63, 3.8) is 0 Å². The van der Waals surface area contributed by atoms with Gasteiger partial charge in [-0.15, -0.1) is 12.4 Å². The van der Waals surface area contributed by atoms with Crippen molar-refractivity contribution in [2.45, 2.75) is 50.7 Å². The number of benzene rings is 1. The molecule has 3 rings (SSSR count). The number of amides is 1. The van der Waals surface area contributed by atoms with E-state index < -0.39 is 0 Å². The maximum absolute atomic E-state index is 12.5. The van der Waals surface area contributed by atoms with Gasteiger partial charge >= 0.3 is 0 Å². The molecule has 0 aliphatic carbocycles. The molecule has 0 spiro atoms. The number of carbonyl (C=O) groups excluding carboxylic acids is 1. The lowest BCUT2D eigenvalue weighted by molar-refractivity contribution is -0.136. The smallest absolute Gasteiger partial charge is 0.239 e. The van der Waals surface area contributed by atoms with Gasteiger partial charge in [-0.2, -0.15) is 0 Å². The quantitative estimate of drug-likeness (QED) is 0.886. The van der Waals surface area contributed by atoms with Crippen LogP contribution in [0.1, 0.15) is 37.7 Å². The van der Waals surface area contributed by atoms with E-state index in [2.05, 4.69) is 29.6 Å². The molecule has 1 unspecified atom stereocenters. The van der Waals surface area contributed by atoms with E-state index in [0.717, 1.165) is 51.9 Å². The zero-order chi connectivity index (χ0) is 15.9. The zero-order valence-corrected chi connectivity index (χ0v) is 15.1. The van der Waals surface area contributed by atoms with Crippen molar-refractivity contribution >= 4 is 18.3 Å². The Hall–Kier alpha value is -1.10. The van der Waals surface area contributed by atoms with Gasteiger partial charge in [0.1, 0.15) is 0 Å². The van der Waals surface area contributed by atoms with Crippen LogP contribution in [0.2, 0.25) is 0 Å². The second-order valence-electron chi connectivity index (χ2n) is 6.63. The minimum absolute atomic E-state index is 0. The van der Waals surface area contributed by atoms with E-state index >= 15 is 0 Å². The highest BCUT2D eigenvalue weighted by Crippen LogP contribution is 2.17. The van der Waals surface area contributed by atoms with Gasteiger partial charge in [-0.3, -0.25) is 4.79 Å². The predicted molar refractivity (Wildman–Crippen MR) is 98.6 cm³/mol. The maximum atomic E-state index is 12.5. The third kappa shape index (κ3) is 5.47. The fourth-order valence-electron chi connectivity index (χ4n) is 3.51. The summed E-state index contributed by atoms with van der Waals surface area (Å²) >= 11 is 0. The van der Waals surface area contributed by atoms with Crippen LogP contribution in [0.5, 0.6) is 0 Å². The summed E-state index contributed by atoms with van der Waals surface area (Å²) in [5.41, 5.74) is 1.32. The second kappa shape index (κ2) is 10.0. The first-order valence-electron chi connectivity index (χ1n) is 9.00. The van der Waals surface area contributed by atoms with Crippen LogP contribution < -0.4 is 5.32 Å². The lowest BCUT2D eigenvalue weighted by atomic mass is 10.0. The van der Waals surface area contributed by atoms with E-state index in [4.69, 9.17) is 4.74 Å². The minimum Gasteiger partial charge on any atom is -0.378 e. The predicted octanol–water partition coefficient (Wildman–Crippen LogP) is 2.80. The molecule has 2 heterocycles. The number of carbonyl (C=O) groups is 1. The third-order valence-electron chi connectivity index (χ3n) is 4.95. The summed E-state index contributed by atoms with van der Waals surface area (Å²) in [6.07, 6.45) is 6.56. The molecule has 2 aliphatic heterocycles. The highest BCUT2D eigenvalue weighted by molar-refractivity contribution is 5.85. The normalized spacial score (nSPS) is 22.0. The summed E-state index contributed by atoms with van der Waals surface area (Å²) < 4.78 is 6.01. The molecule has 0 bridgehead atoms. The fraction of sp³-hybridized carbons (Fsp3) is 0.632. The summed E-state index contributed by atoms with van der Waals surface area (Å²) in [6, 6.07) is 10.5. The summed E-state index contributed by atoms with van der Waals surface area (Å²) in [7, 11) is 0. The topological polar surface area (TPSA) is 41.6 Å². The molecule has 2 saturated heterocycles. The average Bonchev–Trinajstić information content (AvgIpc) is 2.63. The van der Waals surface area contributed by atoms with E-state index in [-0.39, 0.29) is 18.4 Å². The van der Waals surface area contributed by atoms with Crippen LogP contribution in [0, 0.1) is 0 Å². The first-order chi connectivity index (χ1) is 11.3. The molecule has 24 heavy (non-hydrogen) atoms. The number of halogens is 1. The van der Waals surface area contributed by atoms with Crippen molar-refractivity contribution in [2.75, 3.05) is 26.2 Å². The summed E-state index contributed by atoms with van der Waals surface area (Å²) in [5.74, 6) is 0.299. The van der Waals surface area contributed by atoms with Crippen molar-refractivity contribution < 1.29 is 9.53 Å². The minimum atomic E-state index is 0. The molecule has 0 radical (unpaired) electrons. The molecule has 1 aromatic rings. The molecule has 5 heteroatoms. The molecule has 2 aliphatic rings. The number of ether oxygens (including phenoxy) is 1. The van der Waals surface area contributed by atoms with Gasteiger partial charge in [0.15, 0.2) is 0 Å². The van der Waals surface area contributed by atoms with Gasteiger partial charge in [-0.05, 0) is 44.2 Å². The highest BCUT2D eigenvalue weighted by Gasteiger charge is 2.29. The Kier molecular flexibility index (Phi) is 8.03. The molecule has 0 aromatic heterocycles. The van der Waals surface area contributed by atoms with E-state index in [1.54, 1.807) is 0 Å². The van der Waals surface area contributed by atoms with Crippen LogP contribution in [0.3, 0.4) is 0 Å². The summed E-state index contributed by atoms with van der Waals surface area (Å²) in [5, 5.41) is 3.36. The average molecular weight is 353 g/mol. The number of likely N-dealkylation sites (tertiary alicyclic amines) is 1. The molecule has 134 valence electrons. The van der Waals surface area contributed by atoms with Gasteiger partial charge in [0.25, 0.3) is 0 Å². The molecule has 1 N–H and O–H groups in total. The lowest BCUT2D eigenvalue weighted by Crippen LogP contribution is -2.51. The first-order valence-corrected chi connectivity index (χ1v) is 9.00. The van der Waals surface area contributed by atoms with Crippen molar-refractivity contribution in [1.29, 1.82) is 0 Å². The van der Waals surface area contributed by atoms with Crippen molar-refractivity contribution in [1.82, 2.24) is 10.2 Å². The first kappa shape index (κ1) is 19.2. The van der Waals surface area contributed by atoms with Gasteiger partial charge in [-0.25, -0.2) is 0 Å². The van der Waals surface area contributed by atoms with Crippen LogP contribution in [-0.2, 0) is 16.0 Å².